The van der Waals surface area contributed by atoms with Crippen molar-refractivity contribution < 1.29 is 9.47 Å². The van der Waals surface area contributed by atoms with Crippen LogP contribution in [0.2, 0.25) is 0 Å². The summed E-state index contributed by atoms with van der Waals surface area (Å²) in [4.78, 5) is 0. The van der Waals surface area contributed by atoms with Crippen LogP contribution in [-0.4, -0.2) is 38.5 Å². The van der Waals surface area contributed by atoms with Crippen molar-refractivity contribution in [3.63, 3.8) is 0 Å². The Balaban J connectivity index is 1.95. The van der Waals surface area contributed by atoms with E-state index in [1.54, 1.807) is 0 Å². The van der Waals surface area contributed by atoms with E-state index < -0.39 is 0 Å². The maximum atomic E-state index is 5.60. The van der Waals surface area contributed by atoms with Gasteiger partial charge in [-0.1, -0.05) is 6.92 Å². The largest absolute Gasteiger partial charge is 0.376 e. The molecule has 0 aromatic heterocycles. The average Bonchev–Trinajstić information content (AvgIpc) is 1.93. The summed E-state index contributed by atoms with van der Waals surface area (Å²) in [5, 5.41) is 3.24. The summed E-state index contributed by atoms with van der Waals surface area (Å²) in [6, 6.07) is 0. The molecule has 0 spiro atoms. The molecule has 1 unspecified atom stereocenters. The highest BCUT2D eigenvalue weighted by atomic mass is 16.6. The third kappa shape index (κ3) is 3.18. The number of likely N-dealkylation sites (N-methyl/N-ethyl adjacent to an activating group) is 1. The minimum absolute atomic E-state index is 0.309. The fraction of sp³-hybridized carbons (Fsp3) is 1.00. The van der Waals surface area contributed by atoms with E-state index in [0.717, 1.165) is 26.3 Å². The molecule has 11 heavy (non-hydrogen) atoms. The summed E-state index contributed by atoms with van der Waals surface area (Å²) < 4.78 is 10.6. The molecule has 0 aliphatic carbocycles. The zero-order valence-electron chi connectivity index (χ0n) is 7.30. The molecule has 1 aliphatic rings. The van der Waals surface area contributed by atoms with Gasteiger partial charge in [0.15, 0.2) is 0 Å². The van der Waals surface area contributed by atoms with Crippen LogP contribution in [0.1, 0.15) is 13.8 Å². The lowest BCUT2D eigenvalue weighted by Gasteiger charge is -2.29. The van der Waals surface area contributed by atoms with Crippen molar-refractivity contribution in [2.75, 3.05) is 26.3 Å². The molecule has 0 aromatic rings. The average molecular weight is 159 g/mol. The highest BCUT2D eigenvalue weighted by Gasteiger charge is 2.20. The standard InChI is InChI=1S/C8H17NO2/c1-3-9-4-7(2)11-8-5-10-6-8/h7-9H,3-6H2,1-2H3. The molecule has 1 fully saturated rings. The first-order valence-corrected chi connectivity index (χ1v) is 4.27. The minimum Gasteiger partial charge on any atom is -0.376 e. The number of rotatable bonds is 5. The van der Waals surface area contributed by atoms with Crippen LogP contribution in [0.5, 0.6) is 0 Å². The zero-order valence-corrected chi connectivity index (χ0v) is 7.30. The molecule has 3 nitrogen and oxygen atoms in total. The Bertz CT molecular complexity index is 104. The lowest BCUT2D eigenvalue weighted by molar-refractivity contribution is -0.149. The van der Waals surface area contributed by atoms with Crippen LogP contribution >= 0.6 is 0 Å². The van der Waals surface area contributed by atoms with Crippen LogP contribution < -0.4 is 5.32 Å². The maximum absolute atomic E-state index is 5.60. The Labute approximate surface area is 68.1 Å². The SMILES string of the molecule is CCNCC(C)OC1COC1. The smallest absolute Gasteiger partial charge is 0.104 e. The maximum Gasteiger partial charge on any atom is 0.104 e. The van der Waals surface area contributed by atoms with E-state index in [-0.39, 0.29) is 0 Å². The van der Waals surface area contributed by atoms with Gasteiger partial charge >= 0.3 is 0 Å². The normalized spacial score (nSPS) is 21.3. The topological polar surface area (TPSA) is 30.5 Å². The van der Waals surface area contributed by atoms with Crippen molar-refractivity contribution in [2.45, 2.75) is 26.1 Å². The van der Waals surface area contributed by atoms with Gasteiger partial charge in [0.1, 0.15) is 6.10 Å². The van der Waals surface area contributed by atoms with Gasteiger partial charge in [-0.05, 0) is 13.5 Å². The number of ether oxygens (including phenoxy) is 2. The van der Waals surface area contributed by atoms with Gasteiger partial charge in [-0.3, -0.25) is 0 Å². The number of nitrogens with one attached hydrogen (secondary N) is 1. The van der Waals surface area contributed by atoms with Crippen LogP contribution in [0, 0.1) is 0 Å². The van der Waals surface area contributed by atoms with Gasteiger partial charge in [0, 0.05) is 6.54 Å². The molecule has 0 saturated carbocycles. The summed E-state index contributed by atoms with van der Waals surface area (Å²) >= 11 is 0. The van der Waals surface area contributed by atoms with Crippen LogP contribution in [0.15, 0.2) is 0 Å². The monoisotopic (exact) mass is 159 g/mol. The molecule has 0 radical (unpaired) electrons. The molecule has 0 bridgehead atoms. The van der Waals surface area contributed by atoms with Crippen molar-refractivity contribution in [3.8, 4) is 0 Å². The Morgan fingerprint density at radius 1 is 1.64 bits per heavy atom. The second-order valence-electron chi connectivity index (χ2n) is 2.91. The molecule has 1 aliphatic heterocycles. The highest BCUT2D eigenvalue weighted by Crippen LogP contribution is 2.07. The number of hydrogen-bond donors (Lipinski definition) is 1. The van der Waals surface area contributed by atoms with Crippen molar-refractivity contribution in [1.82, 2.24) is 5.32 Å². The Hall–Kier alpha value is -0.120. The minimum atomic E-state index is 0.309. The predicted octanol–water partition coefficient (Wildman–Crippen LogP) is 0.400. The van der Waals surface area contributed by atoms with E-state index in [1.807, 2.05) is 0 Å². The molecular weight excluding hydrogens is 142 g/mol. The predicted molar refractivity (Wildman–Crippen MR) is 43.7 cm³/mol. The van der Waals surface area contributed by atoms with Gasteiger partial charge in [-0.25, -0.2) is 0 Å². The third-order valence-electron chi connectivity index (χ3n) is 1.71. The van der Waals surface area contributed by atoms with E-state index in [2.05, 4.69) is 19.2 Å². The van der Waals surface area contributed by atoms with Gasteiger partial charge in [-0.15, -0.1) is 0 Å². The molecular formula is C8H17NO2. The Morgan fingerprint density at radius 3 is 2.82 bits per heavy atom. The van der Waals surface area contributed by atoms with Crippen LogP contribution in [-0.2, 0) is 9.47 Å². The lowest BCUT2D eigenvalue weighted by Crippen LogP contribution is -2.41. The number of hydrogen-bond acceptors (Lipinski definition) is 3. The Morgan fingerprint density at radius 2 is 2.36 bits per heavy atom. The zero-order chi connectivity index (χ0) is 8.10. The first-order chi connectivity index (χ1) is 5.33. The van der Waals surface area contributed by atoms with E-state index in [4.69, 9.17) is 9.47 Å². The molecule has 1 saturated heterocycles. The van der Waals surface area contributed by atoms with Gasteiger partial charge in [0.25, 0.3) is 0 Å². The molecule has 66 valence electrons. The second kappa shape index (κ2) is 4.70. The molecule has 1 rings (SSSR count). The molecule has 3 heteroatoms. The fourth-order valence-corrected chi connectivity index (χ4v) is 1.02. The van der Waals surface area contributed by atoms with E-state index in [0.29, 0.717) is 12.2 Å². The summed E-state index contributed by atoms with van der Waals surface area (Å²) in [5.74, 6) is 0. The van der Waals surface area contributed by atoms with Crippen molar-refractivity contribution in [1.29, 1.82) is 0 Å². The van der Waals surface area contributed by atoms with Gasteiger partial charge in [-0.2, -0.15) is 0 Å². The van der Waals surface area contributed by atoms with E-state index in [1.165, 1.54) is 0 Å². The van der Waals surface area contributed by atoms with E-state index in [9.17, 15) is 0 Å². The molecule has 1 N–H and O–H groups in total. The fourth-order valence-electron chi connectivity index (χ4n) is 1.02. The highest BCUT2D eigenvalue weighted by molar-refractivity contribution is 4.67. The van der Waals surface area contributed by atoms with Gasteiger partial charge in [0.05, 0.1) is 19.3 Å². The lowest BCUT2D eigenvalue weighted by atomic mass is 10.3. The summed E-state index contributed by atoms with van der Waals surface area (Å²) in [6.45, 7) is 7.68. The van der Waals surface area contributed by atoms with Crippen LogP contribution in [0.25, 0.3) is 0 Å². The van der Waals surface area contributed by atoms with Gasteiger partial charge in [0.2, 0.25) is 0 Å². The first kappa shape index (κ1) is 8.97. The van der Waals surface area contributed by atoms with E-state index >= 15 is 0 Å². The third-order valence-corrected chi connectivity index (χ3v) is 1.71. The van der Waals surface area contributed by atoms with Crippen LogP contribution in [0.4, 0.5) is 0 Å². The summed E-state index contributed by atoms with van der Waals surface area (Å²) in [5.41, 5.74) is 0. The molecule has 1 atom stereocenters. The van der Waals surface area contributed by atoms with Gasteiger partial charge < -0.3 is 14.8 Å². The van der Waals surface area contributed by atoms with Crippen molar-refractivity contribution in [3.05, 3.63) is 0 Å². The first-order valence-electron chi connectivity index (χ1n) is 4.27. The molecule has 1 heterocycles. The molecule has 0 amide bonds. The molecule has 0 aromatic carbocycles. The quantitative estimate of drug-likeness (QED) is 0.630. The second-order valence-corrected chi connectivity index (χ2v) is 2.91. The Kier molecular flexibility index (Phi) is 3.83. The van der Waals surface area contributed by atoms with Crippen LogP contribution in [0.3, 0.4) is 0 Å². The summed E-state index contributed by atoms with van der Waals surface area (Å²) in [6.07, 6.45) is 0.660. The van der Waals surface area contributed by atoms with Crippen molar-refractivity contribution in [2.24, 2.45) is 0 Å². The summed E-state index contributed by atoms with van der Waals surface area (Å²) in [7, 11) is 0. The van der Waals surface area contributed by atoms with Crippen molar-refractivity contribution >= 4 is 0 Å².